The Labute approximate surface area is 94.8 Å². The van der Waals surface area contributed by atoms with Crippen molar-refractivity contribution in [3.63, 3.8) is 0 Å². The summed E-state index contributed by atoms with van der Waals surface area (Å²) in [6, 6.07) is 5.69. The van der Waals surface area contributed by atoms with E-state index >= 15 is 0 Å². The van der Waals surface area contributed by atoms with Gasteiger partial charge in [-0.3, -0.25) is 9.78 Å². The Hall–Kier alpha value is -1.71. The first-order valence-electron chi connectivity index (χ1n) is 5.52. The van der Waals surface area contributed by atoms with Gasteiger partial charge in [0.25, 0.3) is 0 Å². The van der Waals surface area contributed by atoms with Crippen molar-refractivity contribution in [1.29, 1.82) is 0 Å². The van der Waals surface area contributed by atoms with Crippen LogP contribution in [0, 0.1) is 12.8 Å². The molecule has 0 unspecified atom stereocenters. The predicted molar refractivity (Wildman–Crippen MR) is 62.1 cm³/mol. The summed E-state index contributed by atoms with van der Waals surface area (Å²) in [6.45, 7) is 1.92. The molecule has 1 fully saturated rings. The van der Waals surface area contributed by atoms with Gasteiger partial charge in [0.1, 0.15) is 0 Å². The second-order valence-corrected chi connectivity index (χ2v) is 4.07. The van der Waals surface area contributed by atoms with Crippen LogP contribution in [0.4, 0.5) is 0 Å². The van der Waals surface area contributed by atoms with E-state index in [2.05, 4.69) is 15.5 Å². The van der Waals surface area contributed by atoms with Gasteiger partial charge in [-0.1, -0.05) is 12.5 Å². The molecule has 1 aromatic heterocycles. The molecule has 2 rings (SSSR count). The van der Waals surface area contributed by atoms with Gasteiger partial charge in [0, 0.05) is 11.6 Å². The number of amides is 1. The molecule has 0 bridgehead atoms. The van der Waals surface area contributed by atoms with Gasteiger partial charge < -0.3 is 0 Å². The average Bonchev–Trinajstić information content (AvgIpc) is 2.15. The molecule has 0 atom stereocenters. The lowest BCUT2D eigenvalue weighted by atomic mass is 9.85. The van der Waals surface area contributed by atoms with E-state index in [0.717, 1.165) is 30.7 Å². The average molecular weight is 217 g/mol. The summed E-state index contributed by atoms with van der Waals surface area (Å²) in [5.41, 5.74) is 4.24. The Morgan fingerprint density at radius 1 is 1.56 bits per heavy atom. The Morgan fingerprint density at radius 2 is 2.38 bits per heavy atom. The van der Waals surface area contributed by atoms with Crippen molar-refractivity contribution in [1.82, 2.24) is 10.4 Å². The number of rotatable bonds is 3. The van der Waals surface area contributed by atoms with Crippen molar-refractivity contribution < 1.29 is 4.79 Å². The topological polar surface area (TPSA) is 54.4 Å². The van der Waals surface area contributed by atoms with E-state index < -0.39 is 0 Å². The quantitative estimate of drug-likeness (QED) is 0.618. The molecule has 1 saturated carbocycles. The SMILES string of the molecule is Cc1cccc(C=NNC(=O)C2CCC2)n1. The highest BCUT2D eigenvalue weighted by Crippen LogP contribution is 2.25. The summed E-state index contributed by atoms with van der Waals surface area (Å²) in [4.78, 5) is 15.7. The minimum absolute atomic E-state index is 0.0233. The number of hydrazone groups is 1. The lowest BCUT2D eigenvalue weighted by Gasteiger charge is -2.22. The number of hydrogen-bond acceptors (Lipinski definition) is 3. The highest BCUT2D eigenvalue weighted by molar-refractivity contribution is 5.82. The summed E-state index contributed by atoms with van der Waals surface area (Å²) in [6.07, 6.45) is 4.71. The predicted octanol–water partition coefficient (Wildman–Crippen LogP) is 1.64. The van der Waals surface area contributed by atoms with E-state index in [1.807, 2.05) is 25.1 Å². The molecule has 0 radical (unpaired) electrons. The fraction of sp³-hybridized carbons (Fsp3) is 0.417. The third kappa shape index (κ3) is 2.66. The number of carbonyl (C=O) groups is 1. The summed E-state index contributed by atoms with van der Waals surface area (Å²) >= 11 is 0. The second kappa shape index (κ2) is 4.88. The first kappa shape index (κ1) is 10.8. The van der Waals surface area contributed by atoms with Gasteiger partial charge in [-0.05, 0) is 31.9 Å². The molecule has 84 valence electrons. The van der Waals surface area contributed by atoms with E-state index in [1.54, 1.807) is 6.21 Å². The van der Waals surface area contributed by atoms with E-state index in [0.29, 0.717) is 0 Å². The van der Waals surface area contributed by atoms with E-state index in [9.17, 15) is 4.79 Å². The van der Waals surface area contributed by atoms with E-state index in [1.165, 1.54) is 0 Å². The number of nitrogens with zero attached hydrogens (tertiary/aromatic N) is 2. The minimum atomic E-state index is 0.0233. The normalized spacial score (nSPS) is 16.1. The second-order valence-electron chi connectivity index (χ2n) is 4.07. The van der Waals surface area contributed by atoms with Crippen LogP contribution in [0.3, 0.4) is 0 Å². The van der Waals surface area contributed by atoms with Gasteiger partial charge in [-0.25, -0.2) is 5.43 Å². The molecule has 0 aromatic carbocycles. The minimum Gasteiger partial charge on any atom is -0.273 e. The molecule has 1 aliphatic carbocycles. The Bertz CT molecular complexity index is 410. The molecule has 0 saturated heterocycles. The maximum absolute atomic E-state index is 11.4. The van der Waals surface area contributed by atoms with Crippen LogP contribution in [0.15, 0.2) is 23.3 Å². The van der Waals surface area contributed by atoms with Crippen LogP contribution in [0.25, 0.3) is 0 Å². The van der Waals surface area contributed by atoms with Crippen molar-refractivity contribution in [3.8, 4) is 0 Å². The summed E-state index contributed by atoms with van der Waals surface area (Å²) in [5.74, 6) is 0.192. The molecule has 4 heteroatoms. The molecule has 1 aromatic rings. The van der Waals surface area contributed by atoms with Crippen LogP contribution in [-0.2, 0) is 4.79 Å². The van der Waals surface area contributed by atoms with E-state index in [-0.39, 0.29) is 11.8 Å². The van der Waals surface area contributed by atoms with Gasteiger partial charge in [0.2, 0.25) is 5.91 Å². The maximum Gasteiger partial charge on any atom is 0.243 e. The van der Waals surface area contributed by atoms with Crippen LogP contribution in [0.5, 0.6) is 0 Å². The molecule has 0 aliphatic heterocycles. The molecule has 1 heterocycles. The monoisotopic (exact) mass is 217 g/mol. The van der Waals surface area contributed by atoms with Crippen LogP contribution in [-0.4, -0.2) is 17.1 Å². The number of hydrogen-bond donors (Lipinski definition) is 1. The Morgan fingerprint density at radius 3 is 3.00 bits per heavy atom. The number of nitrogens with one attached hydrogen (secondary N) is 1. The molecule has 16 heavy (non-hydrogen) atoms. The molecule has 0 spiro atoms. The number of aromatic nitrogens is 1. The van der Waals surface area contributed by atoms with Crippen LogP contribution < -0.4 is 5.43 Å². The summed E-state index contributed by atoms with van der Waals surface area (Å²) in [7, 11) is 0. The van der Waals surface area contributed by atoms with Gasteiger partial charge in [0.15, 0.2) is 0 Å². The fourth-order valence-electron chi connectivity index (χ4n) is 1.56. The first-order valence-corrected chi connectivity index (χ1v) is 5.52. The molecule has 4 nitrogen and oxygen atoms in total. The highest BCUT2D eigenvalue weighted by atomic mass is 16.2. The third-order valence-electron chi connectivity index (χ3n) is 2.76. The first-order chi connectivity index (χ1) is 7.75. The van der Waals surface area contributed by atoms with Crippen molar-refractivity contribution in [2.45, 2.75) is 26.2 Å². The van der Waals surface area contributed by atoms with Gasteiger partial charge in [-0.2, -0.15) is 5.10 Å². The highest BCUT2D eigenvalue weighted by Gasteiger charge is 2.24. The Kier molecular flexibility index (Phi) is 3.29. The Balaban J connectivity index is 1.87. The zero-order chi connectivity index (χ0) is 11.4. The number of pyridine rings is 1. The molecule has 1 N–H and O–H groups in total. The molecule has 1 aliphatic rings. The third-order valence-corrected chi connectivity index (χ3v) is 2.76. The number of carbonyl (C=O) groups excluding carboxylic acids is 1. The van der Waals surface area contributed by atoms with Gasteiger partial charge in [-0.15, -0.1) is 0 Å². The van der Waals surface area contributed by atoms with Crippen LogP contribution in [0.2, 0.25) is 0 Å². The van der Waals surface area contributed by atoms with E-state index in [4.69, 9.17) is 0 Å². The standard InChI is InChI=1S/C12H15N3O/c1-9-4-2-7-11(14-9)8-13-15-12(16)10-5-3-6-10/h2,4,7-8,10H,3,5-6H2,1H3,(H,15,16). The van der Waals surface area contributed by atoms with Crippen LogP contribution in [0.1, 0.15) is 30.7 Å². The van der Waals surface area contributed by atoms with Crippen molar-refractivity contribution in [3.05, 3.63) is 29.6 Å². The number of aryl methyl sites for hydroxylation is 1. The summed E-state index contributed by atoms with van der Waals surface area (Å²) in [5, 5.41) is 3.90. The molecule has 1 amide bonds. The lowest BCUT2D eigenvalue weighted by molar-refractivity contribution is -0.127. The largest absolute Gasteiger partial charge is 0.273 e. The van der Waals surface area contributed by atoms with Crippen molar-refractivity contribution >= 4 is 12.1 Å². The van der Waals surface area contributed by atoms with Gasteiger partial charge in [0.05, 0.1) is 11.9 Å². The zero-order valence-electron chi connectivity index (χ0n) is 9.31. The van der Waals surface area contributed by atoms with Crippen molar-refractivity contribution in [2.24, 2.45) is 11.0 Å². The zero-order valence-corrected chi connectivity index (χ0v) is 9.31. The smallest absolute Gasteiger partial charge is 0.243 e. The maximum atomic E-state index is 11.4. The van der Waals surface area contributed by atoms with Gasteiger partial charge >= 0.3 is 0 Å². The van der Waals surface area contributed by atoms with Crippen LogP contribution >= 0.6 is 0 Å². The molecular weight excluding hydrogens is 202 g/mol. The lowest BCUT2D eigenvalue weighted by Crippen LogP contribution is -2.31. The summed E-state index contributed by atoms with van der Waals surface area (Å²) < 4.78 is 0. The fourth-order valence-corrected chi connectivity index (χ4v) is 1.56. The van der Waals surface area contributed by atoms with Crippen molar-refractivity contribution in [2.75, 3.05) is 0 Å². The molecular formula is C12H15N3O.